The lowest BCUT2D eigenvalue weighted by Gasteiger charge is -2.07. The van der Waals surface area contributed by atoms with Gasteiger partial charge in [-0.1, -0.05) is 30.3 Å². The number of ether oxygens (including phenoxy) is 1. The van der Waals surface area contributed by atoms with E-state index in [0.717, 1.165) is 63.2 Å². The summed E-state index contributed by atoms with van der Waals surface area (Å²) in [7, 11) is 1.68. The van der Waals surface area contributed by atoms with Crippen LogP contribution in [0.3, 0.4) is 0 Å². The molecule has 3 N–H and O–H groups in total. The number of anilines is 1. The average Bonchev–Trinajstić information content (AvgIpc) is 3.53. The highest BCUT2D eigenvalue weighted by molar-refractivity contribution is 5.96. The molecule has 0 fully saturated rings. The third-order valence-electron chi connectivity index (χ3n) is 6.14. The number of fused-ring (bicyclic) bond motifs is 2. The van der Waals surface area contributed by atoms with Gasteiger partial charge in [0.25, 0.3) is 0 Å². The lowest BCUT2D eigenvalue weighted by molar-refractivity contribution is 0.415. The van der Waals surface area contributed by atoms with Crippen LogP contribution in [0.25, 0.3) is 44.5 Å². The number of nitrogens with zero attached hydrogens (tertiary/aromatic N) is 3. The van der Waals surface area contributed by atoms with Crippen LogP contribution < -0.4 is 10.1 Å². The third kappa shape index (κ3) is 4.19. The molecule has 6 aromatic rings. The number of nitrogens with one attached hydrogen (secondary N) is 3. The summed E-state index contributed by atoms with van der Waals surface area (Å²) in [5.74, 6) is 1.45. The summed E-state index contributed by atoms with van der Waals surface area (Å²) >= 11 is 0. The maximum atomic E-state index is 5.36. The van der Waals surface area contributed by atoms with Crippen LogP contribution in [-0.2, 0) is 6.42 Å². The van der Waals surface area contributed by atoms with E-state index in [2.05, 4.69) is 61.7 Å². The molecule has 0 spiro atoms. The van der Waals surface area contributed by atoms with Crippen molar-refractivity contribution in [1.82, 2.24) is 24.9 Å². The van der Waals surface area contributed by atoms with Gasteiger partial charge >= 0.3 is 0 Å². The smallest absolute Gasteiger partial charge is 0.223 e. The Balaban J connectivity index is 1.28. The van der Waals surface area contributed by atoms with Crippen LogP contribution in [0.1, 0.15) is 5.56 Å². The second-order valence-corrected chi connectivity index (χ2v) is 8.39. The molecule has 172 valence electrons. The van der Waals surface area contributed by atoms with Gasteiger partial charge in [0.2, 0.25) is 5.95 Å². The molecule has 4 aromatic heterocycles. The number of H-pyrrole nitrogens is 2. The summed E-state index contributed by atoms with van der Waals surface area (Å²) < 4.78 is 5.36. The summed E-state index contributed by atoms with van der Waals surface area (Å²) in [5, 5.41) is 5.44. The Bertz CT molecular complexity index is 1620. The Labute approximate surface area is 202 Å². The molecule has 0 radical (unpaired) electrons. The van der Waals surface area contributed by atoms with Crippen LogP contribution in [0, 0.1) is 0 Å². The van der Waals surface area contributed by atoms with E-state index in [-0.39, 0.29) is 0 Å². The maximum Gasteiger partial charge on any atom is 0.223 e. The van der Waals surface area contributed by atoms with Gasteiger partial charge in [0.15, 0.2) is 0 Å². The van der Waals surface area contributed by atoms with Gasteiger partial charge in [-0.25, -0.2) is 15.0 Å². The number of hydrogen-bond donors (Lipinski definition) is 3. The van der Waals surface area contributed by atoms with E-state index in [1.807, 2.05) is 42.7 Å². The van der Waals surface area contributed by atoms with Crippen LogP contribution in [0.4, 0.5) is 5.95 Å². The highest BCUT2D eigenvalue weighted by atomic mass is 16.5. The monoisotopic (exact) mass is 460 g/mol. The minimum Gasteiger partial charge on any atom is -0.497 e. The first-order valence-electron chi connectivity index (χ1n) is 11.5. The first kappa shape index (κ1) is 20.9. The second-order valence-electron chi connectivity index (χ2n) is 8.39. The predicted molar refractivity (Wildman–Crippen MR) is 140 cm³/mol. The summed E-state index contributed by atoms with van der Waals surface area (Å²) in [6, 6.07) is 22.6. The number of pyridine rings is 1. The number of aromatic nitrogens is 5. The fraction of sp³-hybridized carbons (Fsp3) is 0.107. The first-order valence-corrected chi connectivity index (χ1v) is 11.5. The Morgan fingerprint density at radius 1 is 0.971 bits per heavy atom. The van der Waals surface area contributed by atoms with Crippen molar-refractivity contribution in [2.75, 3.05) is 19.0 Å². The summed E-state index contributed by atoms with van der Waals surface area (Å²) in [6.45, 7) is 0.762. The minimum atomic E-state index is 0.612. The zero-order valence-electron chi connectivity index (χ0n) is 19.2. The van der Waals surface area contributed by atoms with Crippen molar-refractivity contribution < 1.29 is 4.74 Å². The first-order chi connectivity index (χ1) is 17.3. The normalized spacial score (nSPS) is 11.2. The molecule has 6 rings (SSSR count). The van der Waals surface area contributed by atoms with Crippen LogP contribution in [0.2, 0.25) is 0 Å². The van der Waals surface area contributed by atoms with Gasteiger partial charge in [-0.15, -0.1) is 0 Å². The zero-order valence-corrected chi connectivity index (χ0v) is 19.2. The van der Waals surface area contributed by atoms with Gasteiger partial charge in [0.05, 0.1) is 12.8 Å². The highest BCUT2D eigenvalue weighted by Gasteiger charge is 2.12. The Kier molecular flexibility index (Phi) is 5.35. The van der Waals surface area contributed by atoms with Crippen molar-refractivity contribution in [2.45, 2.75) is 6.42 Å². The van der Waals surface area contributed by atoms with Gasteiger partial charge in [-0.3, -0.25) is 0 Å². The average molecular weight is 461 g/mol. The SMILES string of the molecule is COc1ccc2[nH]c(-c3cnc4[nH]cc(-c5ccnc(NCCc6ccccc6)n5)c4c3)cc2c1. The standard InChI is InChI=1S/C28H24N6O/c1-35-21-7-8-24-19(13-21)15-26(33-24)20-14-22-23(17-32-27(22)31-16-20)25-10-12-30-28(34-25)29-11-9-18-5-3-2-4-6-18/h2-8,10,12-17,33H,9,11H2,1H3,(H,31,32)(H,29,30,34). The van der Waals surface area contributed by atoms with E-state index in [1.54, 1.807) is 13.3 Å². The predicted octanol–water partition coefficient (Wildman–Crippen LogP) is 5.83. The number of aromatic amines is 2. The molecule has 0 aliphatic heterocycles. The van der Waals surface area contributed by atoms with E-state index < -0.39 is 0 Å². The maximum absolute atomic E-state index is 5.36. The molecule has 2 aromatic carbocycles. The lowest BCUT2D eigenvalue weighted by Crippen LogP contribution is -2.08. The van der Waals surface area contributed by atoms with Crippen LogP contribution in [0.5, 0.6) is 5.75 Å². The quantitative estimate of drug-likeness (QED) is 0.279. The van der Waals surface area contributed by atoms with Crippen LogP contribution in [-0.4, -0.2) is 38.6 Å². The van der Waals surface area contributed by atoms with Gasteiger partial charge in [-0.2, -0.15) is 0 Å². The van der Waals surface area contributed by atoms with E-state index in [1.165, 1.54) is 5.56 Å². The highest BCUT2D eigenvalue weighted by Crippen LogP contribution is 2.32. The van der Waals surface area contributed by atoms with E-state index in [9.17, 15) is 0 Å². The molecule has 0 unspecified atom stereocenters. The van der Waals surface area contributed by atoms with Crippen molar-refractivity contribution >= 4 is 27.9 Å². The summed E-state index contributed by atoms with van der Waals surface area (Å²) in [5.41, 5.74) is 6.98. The molecule has 0 aliphatic carbocycles. The number of methoxy groups -OCH3 is 1. The molecule has 4 heterocycles. The third-order valence-corrected chi connectivity index (χ3v) is 6.14. The van der Waals surface area contributed by atoms with Crippen molar-refractivity contribution in [3.05, 3.63) is 90.9 Å². The van der Waals surface area contributed by atoms with Crippen molar-refractivity contribution in [3.8, 4) is 28.3 Å². The fourth-order valence-electron chi connectivity index (χ4n) is 4.31. The van der Waals surface area contributed by atoms with Crippen molar-refractivity contribution in [2.24, 2.45) is 0 Å². The fourth-order valence-corrected chi connectivity index (χ4v) is 4.31. The molecule has 0 aliphatic rings. The van der Waals surface area contributed by atoms with E-state index >= 15 is 0 Å². The van der Waals surface area contributed by atoms with Crippen molar-refractivity contribution in [3.63, 3.8) is 0 Å². The Hall–Kier alpha value is -4.65. The zero-order chi connectivity index (χ0) is 23.6. The molecule has 0 bridgehead atoms. The topological polar surface area (TPSA) is 91.5 Å². The molecule has 7 nitrogen and oxygen atoms in total. The number of hydrogen-bond acceptors (Lipinski definition) is 5. The van der Waals surface area contributed by atoms with E-state index in [4.69, 9.17) is 9.72 Å². The number of benzene rings is 2. The summed E-state index contributed by atoms with van der Waals surface area (Å²) in [4.78, 5) is 20.6. The van der Waals surface area contributed by atoms with Crippen molar-refractivity contribution in [1.29, 1.82) is 0 Å². The van der Waals surface area contributed by atoms with Gasteiger partial charge < -0.3 is 20.0 Å². The largest absolute Gasteiger partial charge is 0.497 e. The molecule has 7 heteroatoms. The molecule has 0 atom stereocenters. The second kappa shape index (κ2) is 8.95. The number of rotatable bonds is 7. The molecular weight excluding hydrogens is 436 g/mol. The van der Waals surface area contributed by atoms with E-state index in [0.29, 0.717) is 5.95 Å². The lowest BCUT2D eigenvalue weighted by atomic mass is 10.1. The molecule has 0 amide bonds. The van der Waals surface area contributed by atoms with Crippen LogP contribution >= 0.6 is 0 Å². The van der Waals surface area contributed by atoms with Crippen LogP contribution in [0.15, 0.2) is 85.3 Å². The molecule has 0 saturated carbocycles. The Morgan fingerprint density at radius 3 is 2.77 bits per heavy atom. The molecular formula is C28H24N6O. The van der Waals surface area contributed by atoms with Gasteiger partial charge in [-0.05, 0) is 48.4 Å². The Morgan fingerprint density at radius 2 is 1.89 bits per heavy atom. The molecule has 0 saturated heterocycles. The summed E-state index contributed by atoms with van der Waals surface area (Å²) in [6.07, 6.45) is 6.52. The minimum absolute atomic E-state index is 0.612. The van der Waals surface area contributed by atoms with Gasteiger partial charge in [0, 0.05) is 58.2 Å². The molecule has 35 heavy (non-hydrogen) atoms. The van der Waals surface area contributed by atoms with Gasteiger partial charge in [0.1, 0.15) is 11.4 Å².